The smallest absolute Gasteiger partial charge is 0.251 e. The molecule has 3 aromatic rings. The van der Waals surface area contributed by atoms with Crippen LogP contribution in [0.3, 0.4) is 0 Å². The number of aryl methyl sites for hydroxylation is 1. The number of nitrogens with zero attached hydrogens (tertiary/aromatic N) is 3. The van der Waals surface area contributed by atoms with Crippen molar-refractivity contribution in [2.75, 3.05) is 18.0 Å². The molecule has 1 N–H and O–H groups in total. The SMILES string of the molecule is Cc1ccc(OCc2cccc(C(=O)NC3CCN(c4ncccc4F)C3)c2)cn1. The summed E-state index contributed by atoms with van der Waals surface area (Å²) < 4.78 is 19.7. The first-order valence-corrected chi connectivity index (χ1v) is 9.89. The number of nitrogens with one attached hydrogen (secondary N) is 1. The molecule has 1 aromatic carbocycles. The monoisotopic (exact) mass is 406 g/mol. The van der Waals surface area contributed by atoms with Gasteiger partial charge in [0.2, 0.25) is 0 Å². The summed E-state index contributed by atoms with van der Waals surface area (Å²) in [6, 6.07) is 14.0. The highest BCUT2D eigenvalue weighted by Crippen LogP contribution is 2.21. The third kappa shape index (κ3) is 4.74. The van der Waals surface area contributed by atoms with Crippen LogP contribution in [0.15, 0.2) is 60.9 Å². The number of benzene rings is 1. The standard InChI is InChI=1S/C23H23FN4O2/c1-16-7-8-20(13-26-16)30-15-17-4-2-5-18(12-17)23(29)27-19-9-11-28(14-19)22-21(24)6-3-10-25-22/h2-8,10,12-13,19H,9,11,14-15H2,1H3,(H,27,29). The number of halogens is 1. The predicted molar refractivity (Wildman–Crippen MR) is 112 cm³/mol. The van der Waals surface area contributed by atoms with E-state index in [4.69, 9.17) is 4.74 Å². The van der Waals surface area contributed by atoms with Gasteiger partial charge in [0.05, 0.1) is 6.20 Å². The fraction of sp³-hybridized carbons (Fsp3) is 0.261. The van der Waals surface area contributed by atoms with Gasteiger partial charge < -0.3 is 15.0 Å². The minimum Gasteiger partial charge on any atom is -0.487 e. The molecule has 2 aromatic heterocycles. The van der Waals surface area contributed by atoms with Crippen molar-refractivity contribution in [2.24, 2.45) is 0 Å². The van der Waals surface area contributed by atoms with Gasteiger partial charge >= 0.3 is 0 Å². The van der Waals surface area contributed by atoms with Crippen LogP contribution in [0.1, 0.15) is 28.0 Å². The van der Waals surface area contributed by atoms with Crippen molar-refractivity contribution in [1.29, 1.82) is 0 Å². The van der Waals surface area contributed by atoms with Crippen LogP contribution in [0.4, 0.5) is 10.2 Å². The zero-order valence-electron chi connectivity index (χ0n) is 16.7. The van der Waals surface area contributed by atoms with Crippen LogP contribution in [-0.4, -0.2) is 35.0 Å². The van der Waals surface area contributed by atoms with Gasteiger partial charge in [0.25, 0.3) is 5.91 Å². The molecule has 1 aliphatic rings. The van der Waals surface area contributed by atoms with Crippen molar-refractivity contribution in [3.63, 3.8) is 0 Å². The molecule has 1 aliphatic heterocycles. The van der Waals surface area contributed by atoms with E-state index in [9.17, 15) is 9.18 Å². The molecule has 4 rings (SSSR count). The maximum atomic E-state index is 13.9. The summed E-state index contributed by atoms with van der Waals surface area (Å²) in [5.41, 5.74) is 2.39. The van der Waals surface area contributed by atoms with E-state index in [0.717, 1.165) is 17.7 Å². The highest BCUT2D eigenvalue weighted by atomic mass is 19.1. The number of ether oxygens (including phenoxy) is 1. The normalized spacial score (nSPS) is 15.8. The first-order chi connectivity index (χ1) is 14.6. The maximum absolute atomic E-state index is 13.9. The Morgan fingerprint density at radius 2 is 2.13 bits per heavy atom. The van der Waals surface area contributed by atoms with Crippen LogP contribution in [0.2, 0.25) is 0 Å². The summed E-state index contributed by atoms with van der Waals surface area (Å²) in [4.78, 5) is 22.9. The van der Waals surface area contributed by atoms with Crippen LogP contribution in [0, 0.1) is 12.7 Å². The van der Waals surface area contributed by atoms with E-state index in [2.05, 4.69) is 15.3 Å². The van der Waals surface area contributed by atoms with Gasteiger partial charge in [0, 0.05) is 36.6 Å². The number of carbonyl (C=O) groups excluding carboxylic acids is 1. The minimum absolute atomic E-state index is 0.0579. The highest BCUT2D eigenvalue weighted by molar-refractivity contribution is 5.94. The Balaban J connectivity index is 1.34. The van der Waals surface area contributed by atoms with Gasteiger partial charge in [-0.1, -0.05) is 12.1 Å². The zero-order valence-corrected chi connectivity index (χ0v) is 16.7. The van der Waals surface area contributed by atoms with Crippen molar-refractivity contribution in [3.8, 4) is 5.75 Å². The van der Waals surface area contributed by atoms with Gasteiger partial charge in [-0.05, 0) is 55.3 Å². The third-order valence-electron chi connectivity index (χ3n) is 5.04. The molecular formula is C23H23FN4O2. The Bertz CT molecular complexity index is 1030. The molecule has 1 saturated heterocycles. The first-order valence-electron chi connectivity index (χ1n) is 9.89. The van der Waals surface area contributed by atoms with Gasteiger partial charge in [0.15, 0.2) is 11.6 Å². The summed E-state index contributed by atoms with van der Waals surface area (Å²) in [6.45, 7) is 3.45. The van der Waals surface area contributed by atoms with Crippen molar-refractivity contribution in [2.45, 2.75) is 26.0 Å². The quantitative estimate of drug-likeness (QED) is 0.679. The molecule has 1 unspecified atom stereocenters. The van der Waals surface area contributed by atoms with Gasteiger partial charge in [-0.15, -0.1) is 0 Å². The van der Waals surface area contributed by atoms with E-state index >= 15 is 0 Å². The predicted octanol–water partition coefficient (Wildman–Crippen LogP) is 3.51. The van der Waals surface area contributed by atoms with Crippen molar-refractivity contribution >= 4 is 11.7 Å². The van der Waals surface area contributed by atoms with Crippen molar-refractivity contribution < 1.29 is 13.9 Å². The second-order valence-corrected chi connectivity index (χ2v) is 7.34. The maximum Gasteiger partial charge on any atom is 0.251 e. The van der Waals surface area contributed by atoms with Gasteiger partial charge in [-0.3, -0.25) is 9.78 Å². The van der Waals surface area contributed by atoms with E-state index < -0.39 is 0 Å². The molecule has 0 spiro atoms. The molecule has 0 saturated carbocycles. The molecule has 0 bridgehead atoms. The molecule has 7 heteroatoms. The fourth-order valence-electron chi connectivity index (χ4n) is 3.46. The highest BCUT2D eigenvalue weighted by Gasteiger charge is 2.26. The summed E-state index contributed by atoms with van der Waals surface area (Å²) in [5.74, 6) is 0.519. The number of carbonyl (C=O) groups is 1. The Labute approximate surface area is 174 Å². The fourth-order valence-corrected chi connectivity index (χ4v) is 3.46. The Kier molecular flexibility index (Phi) is 5.88. The van der Waals surface area contributed by atoms with Crippen LogP contribution in [0.25, 0.3) is 0 Å². The first kappa shape index (κ1) is 19.8. The van der Waals surface area contributed by atoms with Crippen molar-refractivity contribution in [3.05, 3.63) is 83.6 Å². The lowest BCUT2D eigenvalue weighted by molar-refractivity contribution is 0.0940. The van der Waals surface area contributed by atoms with E-state index in [1.807, 2.05) is 42.2 Å². The number of pyridine rings is 2. The van der Waals surface area contributed by atoms with Crippen LogP contribution < -0.4 is 15.0 Å². The van der Waals surface area contributed by atoms with Gasteiger partial charge in [-0.25, -0.2) is 9.37 Å². The average Bonchev–Trinajstić information content (AvgIpc) is 3.22. The zero-order chi connectivity index (χ0) is 20.9. The van der Waals surface area contributed by atoms with E-state index in [-0.39, 0.29) is 17.8 Å². The Hall–Kier alpha value is -3.48. The summed E-state index contributed by atoms with van der Waals surface area (Å²) in [7, 11) is 0. The molecule has 0 radical (unpaired) electrons. The number of amides is 1. The molecule has 6 nitrogen and oxygen atoms in total. The number of aromatic nitrogens is 2. The summed E-state index contributed by atoms with van der Waals surface area (Å²) >= 11 is 0. The number of hydrogen-bond acceptors (Lipinski definition) is 5. The molecule has 0 aliphatic carbocycles. The molecule has 1 fully saturated rings. The number of rotatable bonds is 6. The second-order valence-electron chi connectivity index (χ2n) is 7.34. The number of anilines is 1. The molecule has 1 amide bonds. The lowest BCUT2D eigenvalue weighted by Crippen LogP contribution is -2.37. The largest absolute Gasteiger partial charge is 0.487 e. The molecule has 30 heavy (non-hydrogen) atoms. The van der Waals surface area contributed by atoms with Crippen LogP contribution >= 0.6 is 0 Å². The lowest BCUT2D eigenvalue weighted by atomic mass is 10.1. The molecule has 154 valence electrons. The van der Waals surface area contributed by atoms with Gasteiger partial charge in [-0.2, -0.15) is 0 Å². The molecule has 3 heterocycles. The van der Waals surface area contributed by atoms with Crippen LogP contribution in [-0.2, 0) is 6.61 Å². The van der Waals surface area contributed by atoms with Gasteiger partial charge in [0.1, 0.15) is 12.4 Å². The lowest BCUT2D eigenvalue weighted by Gasteiger charge is -2.18. The van der Waals surface area contributed by atoms with E-state index in [0.29, 0.717) is 36.8 Å². The number of hydrogen-bond donors (Lipinski definition) is 1. The van der Waals surface area contributed by atoms with Crippen LogP contribution in [0.5, 0.6) is 5.75 Å². The summed E-state index contributed by atoms with van der Waals surface area (Å²) in [5, 5.41) is 3.04. The average molecular weight is 406 g/mol. The second kappa shape index (κ2) is 8.90. The topological polar surface area (TPSA) is 67.3 Å². The molecular weight excluding hydrogens is 383 g/mol. The van der Waals surface area contributed by atoms with E-state index in [1.165, 1.54) is 6.07 Å². The van der Waals surface area contributed by atoms with Crippen molar-refractivity contribution in [1.82, 2.24) is 15.3 Å². The summed E-state index contributed by atoms with van der Waals surface area (Å²) in [6.07, 6.45) is 4.00. The Morgan fingerprint density at radius 1 is 1.23 bits per heavy atom. The minimum atomic E-state index is -0.346. The van der Waals surface area contributed by atoms with E-state index in [1.54, 1.807) is 24.5 Å². The Morgan fingerprint density at radius 3 is 2.93 bits per heavy atom. The third-order valence-corrected chi connectivity index (χ3v) is 5.04. The molecule has 1 atom stereocenters.